The molecule has 12 heteroatoms. The molecule has 208 valence electrons. The number of amides is 3. The van der Waals surface area contributed by atoms with Crippen LogP contribution in [0.25, 0.3) is 10.9 Å². The molecular weight excluding hydrogens is 494 g/mol. The number of rotatable bonds is 14. The summed E-state index contributed by atoms with van der Waals surface area (Å²) in [6.07, 6.45) is 1.32. The predicted molar refractivity (Wildman–Crippen MR) is 140 cm³/mol. The van der Waals surface area contributed by atoms with Gasteiger partial charge in [0.2, 0.25) is 17.7 Å². The second-order valence-corrected chi connectivity index (χ2v) is 10.1. The predicted octanol–water partition coefficient (Wildman–Crippen LogP) is 0.754. The van der Waals surface area contributed by atoms with Gasteiger partial charge in [-0.2, -0.15) is 0 Å². The molecule has 1 aromatic carbocycles. The van der Waals surface area contributed by atoms with Crippen LogP contribution in [0, 0.1) is 11.8 Å². The van der Waals surface area contributed by atoms with Gasteiger partial charge in [-0.05, 0) is 36.3 Å². The summed E-state index contributed by atoms with van der Waals surface area (Å²) in [7, 11) is 0. The summed E-state index contributed by atoms with van der Waals surface area (Å²) >= 11 is 0. The van der Waals surface area contributed by atoms with Crippen molar-refractivity contribution in [3.8, 4) is 0 Å². The first-order chi connectivity index (χ1) is 17.8. The zero-order valence-electron chi connectivity index (χ0n) is 22.0. The summed E-state index contributed by atoms with van der Waals surface area (Å²) in [6.45, 7) is 6.91. The Labute approximate surface area is 220 Å². The van der Waals surface area contributed by atoms with Crippen LogP contribution in [0.2, 0.25) is 0 Å². The number of fused-ring (bicyclic) bond motifs is 1. The van der Waals surface area contributed by atoms with Crippen LogP contribution in [0.1, 0.15) is 46.1 Å². The number of aromatic nitrogens is 1. The first-order valence-corrected chi connectivity index (χ1v) is 12.5. The van der Waals surface area contributed by atoms with Crippen molar-refractivity contribution in [1.82, 2.24) is 20.9 Å². The maximum Gasteiger partial charge on any atom is 0.326 e. The van der Waals surface area contributed by atoms with Gasteiger partial charge in [-0.25, -0.2) is 4.79 Å². The topological polar surface area (TPSA) is 204 Å². The molecule has 4 unspecified atom stereocenters. The number of aliphatic carboxylic acids is 2. The highest BCUT2D eigenvalue weighted by atomic mass is 16.4. The summed E-state index contributed by atoms with van der Waals surface area (Å²) in [5.41, 5.74) is 7.73. The summed E-state index contributed by atoms with van der Waals surface area (Å²) < 4.78 is 0. The van der Waals surface area contributed by atoms with Crippen LogP contribution in [0.15, 0.2) is 30.5 Å². The molecule has 38 heavy (non-hydrogen) atoms. The number of hydrogen-bond acceptors (Lipinski definition) is 6. The van der Waals surface area contributed by atoms with Crippen LogP contribution in [0.5, 0.6) is 0 Å². The van der Waals surface area contributed by atoms with E-state index >= 15 is 0 Å². The maximum absolute atomic E-state index is 13.0. The molecule has 0 fully saturated rings. The van der Waals surface area contributed by atoms with E-state index in [0.29, 0.717) is 0 Å². The molecule has 0 saturated carbocycles. The molecule has 0 spiro atoms. The van der Waals surface area contributed by atoms with Crippen LogP contribution in [-0.4, -0.2) is 69.0 Å². The molecule has 1 heterocycles. The van der Waals surface area contributed by atoms with Gasteiger partial charge in [-0.3, -0.25) is 19.2 Å². The van der Waals surface area contributed by atoms with Crippen molar-refractivity contribution in [2.45, 2.75) is 71.1 Å². The molecule has 8 N–H and O–H groups in total. The number of H-pyrrole nitrogens is 1. The molecule has 0 aliphatic carbocycles. The fraction of sp³-hybridized carbons (Fsp3) is 0.500. The summed E-state index contributed by atoms with van der Waals surface area (Å²) in [5.74, 6) is -5.37. The fourth-order valence-corrected chi connectivity index (χ4v) is 4.04. The van der Waals surface area contributed by atoms with Crippen LogP contribution in [0.4, 0.5) is 0 Å². The molecular formula is C26H37N5O7. The monoisotopic (exact) mass is 531 g/mol. The maximum atomic E-state index is 13.0. The lowest BCUT2D eigenvalue weighted by Gasteiger charge is -2.27. The van der Waals surface area contributed by atoms with Gasteiger partial charge in [0.15, 0.2) is 0 Å². The third kappa shape index (κ3) is 8.58. The van der Waals surface area contributed by atoms with Crippen molar-refractivity contribution in [3.63, 3.8) is 0 Å². The van der Waals surface area contributed by atoms with E-state index in [2.05, 4.69) is 20.9 Å². The SMILES string of the molecule is CC(C)CC(NC(=O)C(NC(=O)C(CC(=O)O)NC(=O)C(N)Cc1c[nH]c2ccccc12)C(C)C)C(=O)O. The van der Waals surface area contributed by atoms with Gasteiger partial charge in [0.25, 0.3) is 0 Å². The van der Waals surface area contributed by atoms with E-state index < -0.39 is 66.2 Å². The number of para-hydroxylation sites is 1. The molecule has 0 saturated heterocycles. The molecule has 2 aromatic rings. The molecule has 0 radical (unpaired) electrons. The van der Waals surface area contributed by atoms with Crippen molar-refractivity contribution in [3.05, 3.63) is 36.0 Å². The van der Waals surface area contributed by atoms with Gasteiger partial charge < -0.3 is 36.9 Å². The Morgan fingerprint density at radius 1 is 0.895 bits per heavy atom. The summed E-state index contributed by atoms with van der Waals surface area (Å²) in [4.78, 5) is 64.8. The van der Waals surface area contributed by atoms with Gasteiger partial charge in [-0.15, -0.1) is 0 Å². The highest BCUT2D eigenvalue weighted by Gasteiger charge is 2.33. The molecule has 12 nitrogen and oxygen atoms in total. The number of carboxylic acid groups (broad SMARTS) is 2. The number of carboxylic acids is 2. The highest BCUT2D eigenvalue weighted by Crippen LogP contribution is 2.19. The summed E-state index contributed by atoms with van der Waals surface area (Å²) in [5, 5.41) is 26.9. The van der Waals surface area contributed by atoms with E-state index in [1.165, 1.54) is 0 Å². The van der Waals surface area contributed by atoms with Crippen LogP contribution in [-0.2, 0) is 30.4 Å². The van der Waals surface area contributed by atoms with Crippen LogP contribution >= 0.6 is 0 Å². The van der Waals surface area contributed by atoms with Crippen molar-refractivity contribution >= 4 is 40.6 Å². The minimum atomic E-state index is -1.51. The largest absolute Gasteiger partial charge is 0.481 e. The molecule has 0 aliphatic heterocycles. The lowest BCUT2D eigenvalue weighted by molar-refractivity contribution is -0.144. The third-order valence-corrected chi connectivity index (χ3v) is 6.03. The number of nitrogens with two attached hydrogens (primary N) is 1. The molecule has 3 amide bonds. The van der Waals surface area contributed by atoms with Gasteiger partial charge in [0.1, 0.15) is 18.1 Å². The molecule has 2 rings (SSSR count). The Kier molecular flexibility index (Phi) is 10.8. The van der Waals surface area contributed by atoms with Gasteiger partial charge in [-0.1, -0.05) is 45.9 Å². The average Bonchev–Trinajstić information content (AvgIpc) is 3.23. The minimum absolute atomic E-state index is 0.00730. The number of aromatic amines is 1. The van der Waals surface area contributed by atoms with Crippen molar-refractivity contribution in [2.75, 3.05) is 0 Å². The Hall–Kier alpha value is -3.93. The standard InChI is InChI=1S/C26H37N5O7/c1-13(2)9-20(26(37)38)30-25(36)22(14(3)4)31-24(35)19(11-21(32)33)29-23(34)17(27)10-15-12-28-18-8-6-5-7-16(15)18/h5-8,12-14,17,19-20,22,28H,9-11,27H2,1-4H3,(H,29,34)(H,30,36)(H,31,35)(H,32,33)(H,37,38). The lowest BCUT2D eigenvalue weighted by atomic mass is 9.99. The molecule has 4 atom stereocenters. The Morgan fingerprint density at radius 2 is 1.53 bits per heavy atom. The van der Waals surface area contributed by atoms with E-state index in [-0.39, 0.29) is 18.8 Å². The van der Waals surface area contributed by atoms with E-state index in [9.17, 15) is 34.2 Å². The van der Waals surface area contributed by atoms with Crippen molar-refractivity contribution in [2.24, 2.45) is 17.6 Å². The zero-order valence-corrected chi connectivity index (χ0v) is 22.0. The van der Waals surface area contributed by atoms with E-state index in [1.807, 2.05) is 38.1 Å². The van der Waals surface area contributed by atoms with Gasteiger partial charge in [0, 0.05) is 17.1 Å². The van der Waals surface area contributed by atoms with Gasteiger partial charge >= 0.3 is 11.9 Å². The molecule has 0 aliphatic rings. The first kappa shape index (κ1) is 30.3. The second-order valence-electron chi connectivity index (χ2n) is 10.1. The quantitative estimate of drug-likeness (QED) is 0.185. The third-order valence-electron chi connectivity index (χ3n) is 6.03. The highest BCUT2D eigenvalue weighted by molar-refractivity contribution is 5.96. The van der Waals surface area contributed by atoms with Crippen molar-refractivity contribution < 1.29 is 34.2 Å². The van der Waals surface area contributed by atoms with Crippen LogP contribution in [0.3, 0.4) is 0 Å². The first-order valence-electron chi connectivity index (χ1n) is 12.5. The molecule has 0 bridgehead atoms. The van der Waals surface area contributed by atoms with E-state index in [0.717, 1.165) is 16.5 Å². The lowest BCUT2D eigenvalue weighted by Crippen LogP contribution is -2.59. The number of hydrogen-bond donors (Lipinski definition) is 7. The average molecular weight is 532 g/mol. The molecule has 1 aromatic heterocycles. The zero-order chi connectivity index (χ0) is 28.6. The number of benzene rings is 1. The summed E-state index contributed by atoms with van der Waals surface area (Å²) in [6, 6.07) is 2.56. The van der Waals surface area contributed by atoms with Crippen LogP contribution < -0.4 is 21.7 Å². The Bertz CT molecular complexity index is 1160. The Morgan fingerprint density at radius 3 is 2.11 bits per heavy atom. The van der Waals surface area contributed by atoms with E-state index in [1.54, 1.807) is 20.0 Å². The minimum Gasteiger partial charge on any atom is -0.481 e. The number of nitrogens with one attached hydrogen (secondary N) is 4. The van der Waals surface area contributed by atoms with Gasteiger partial charge in [0.05, 0.1) is 12.5 Å². The fourth-order valence-electron chi connectivity index (χ4n) is 4.04. The Balaban J connectivity index is 2.11. The number of carbonyl (C=O) groups excluding carboxylic acids is 3. The normalized spacial score (nSPS) is 14.5. The second kappa shape index (κ2) is 13.6. The smallest absolute Gasteiger partial charge is 0.326 e. The number of carbonyl (C=O) groups is 5. The van der Waals surface area contributed by atoms with Crippen molar-refractivity contribution in [1.29, 1.82) is 0 Å². The van der Waals surface area contributed by atoms with E-state index in [4.69, 9.17) is 5.73 Å².